The van der Waals surface area contributed by atoms with E-state index >= 15 is 0 Å². The lowest BCUT2D eigenvalue weighted by Crippen LogP contribution is -2.48. The summed E-state index contributed by atoms with van der Waals surface area (Å²) in [6.07, 6.45) is 8.14. The first-order valence-corrected chi connectivity index (χ1v) is 14.4. The molecule has 0 radical (unpaired) electrons. The van der Waals surface area contributed by atoms with Crippen molar-refractivity contribution < 1.29 is 14.3 Å². The van der Waals surface area contributed by atoms with E-state index in [0.29, 0.717) is 16.6 Å². The Morgan fingerprint density at radius 2 is 1.87 bits per heavy atom. The number of rotatable bonds is 4. The molecule has 1 amide bonds. The molecule has 38 heavy (non-hydrogen) atoms. The molecule has 7 nitrogen and oxygen atoms in total. The number of fused-ring (bicyclic) bond motifs is 1. The molecule has 0 unspecified atom stereocenters. The van der Waals surface area contributed by atoms with Gasteiger partial charge in [0.05, 0.1) is 13.3 Å². The number of carbonyl (C=O) groups excluding carboxylic acids is 1. The SMILES string of the molecule is COc1ccc(CN2CCOc3ccccc3CCCCC3(CCN(C(=O)c4cnc(N)s4)CC3)C2)cc1. The molecule has 0 bridgehead atoms. The smallest absolute Gasteiger partial charge is 0.265 e. The molecule has 5 rings (SSSR count). The van der Waals surface area contributed by atoms with Crippen molar-refractivity contribution >= 4 is 22.4 Å². The normalized spacial score (nSPS) is 18.6. The van der Waals surface area contributed by atoms with E-state index in [-0.39, 0.29) is 11.3 Å². The number of amides is 1. The number of methoxy groups -OCH3 is 1. The molecule has 0 saturated carbocycles. The first kappa shape index (κ1) is 26.5. The maximum Gasteiger partial charge on any atom is 0.265 e. The minimum absolute atomic E-state index is 0.0577. The summed E-state index contributed by atoms with van der Waals surface area (Å²) in [5.41, 5.74) is 8.52. The Bertz CT molecular complexity index is 1200. The lowest BCUT2D eigenvalue weighted by Gasteiger charge is -2.45. The number of hydrogen-bond donors (Lipinski definition) is 1. The molecule has 1 spiro atoms. The Hall–Kier alpha value is -3.10. The summed E-state index contributed by atoms with van der Waals surface area (Å²) in [4.78, 5) is 22.3. The fourth-order valence-corrected chi connectivity index (χ4v) is 6.50. The van der Waals surface area contributed by atoms with Gasteiger partial charge in [-0.15, -0.1) is 0 Å². The molecule has 2 N–H and O–H groups in total. The van der Waals surface area contributed by atoms with Crippen LogP contribution < -0.4 is 15.2 Å². The number of para-hydroxylation sites is 1. The molecule has 202 valence electrons. The van der Waals surface area contributed by atoms with E-state index in [1.165, 1.54) is 35.3 Å². The van der Waals surface area contributed by atoms with Crippen molar-refractivity contribution in [2.75, 3.05) is 45.6 Å². The fourth-order valence-electron chi connectivity index (χ4n) is 5.84. The molecular weight excluding hydrogens is 496 g/mol. The van der Waals surface area contributed by atoms with Crippen molar-refractivity contribution in [1.82, 2.24) is 14.8 Å². The highest BCUT2D eigenvalue weighted by atomic mass is 32.1. The number of anilines is 1. The van der Waals surface area contributed by atoms with Gasteiger partial charge in [-0.2, -0.15) is 0 Å². The second kappa shape index (κ2) is 12.2. The number of aromatic nitrogens is 1. The number of benzene rings is 2. The van der Waals surface area contributed by atoms with Crippen LogP contribution in [0.25, 0.3) is 0 Å². The van der Waals surface area contributed by atoms with Crippen LogP contribution in [0.4, 0.5) is 5.13 Å². The van der Waals surface area contributed by atoms with Crippen LogP contribution in [0.5, 0.6) is 11.5 Å². The third-order valence-corrected chi connectivity index (χ3v) is 8.83. The summed E-state index contributed by atoms with van der Waals surface area (Å²) in [5, 5.41) is 0.444. The van der Waals surface area contributed by atoms with Crippen molar-refractivity contribution in [3.8, 4) is 11.5 Å². The van der Waals surface area contributed by atoms with Crippen molar-refractivity contribution in [1.29, 1.82) is 0 Å². The van der Waals surface area contributed by atoms with Gasteiger partial charge in [0.25, 0.3) is 5.91 Å². The molecule has 8 heteroatoms. The van der Waals surface area contributed by atoms with E-state index in [2.05, 4.69) is 46.3 Å². The van der Waals surface area contributed by atoms with Gasteiger partial charge in [-0.1, -0.05) is 48.1 Å². The number of aryl methyl sites for hydroxylation is 1. The number of piperidine rings is 1. The topological polar surface area (TPSA) is 80.9 Å². The lowest BCUT2D eigenvalue weighted by molar-refractivity contribution is 0.0364. The highest BCUT2D eigenvalue weighted by Crippen LogP contribution is 2.39. The number of ether oxygens (including phenoxy) is 2. The molecule has 2 aliphatic heterocycles. The van der Waals surface area contributed by atoms with Crippen LogP contribution >= 0.6 is 11.3 Å². The predicted octanol–water partition coefficient (Wildman–Crippen LogP) is 5.26. The van der Waals surface area contributed by atoms with Gasteiger partial charge in [0.2, 0.25) is 0 Å². The van der Waals surface area contributed by atoms with Crippen LogP contribution in [0.1, 0.15) is 52.9 Å². The molecule has 2 aliphatic rings. The maximum atomic E-state index is 13.1. The van der Waals surface area contributed by atoms with Crippen molar-refractivity contribution in [2.45, 2.75) is 45.1 Å². The highest BCUT2D eigenvalue weighted by molar-refractivity contribution is 7.17. The van der Waals surface area contributed by atoms with Crippen molar-refractivity contribution in [3.63, 3.8) is 0 Å². The third kappa shape index (κ3) is 6.48. The maximum absolute atomic E-state index is 13.1. The largest absolute Gasteiger partial charge is 0.497 e. The van der Waals surface area contributed by atoms with Crippen LogP contribution in [0.2, 0.25) is 0 Å². The number of hydrogen-bond acceptors (Lipinski definition) is 7. The first-order chi connectivity index (χ1) is 18.5. The van der Waals surface area contributed by atoms with Gasteiger partial charge in [0.1, 0.15) is 23.0 Å². The first-order valence-electron chi connectivity index (χ1n) is 13.6. The Morgan fingerprint density at radius 1 is 1.08 bits per heavy atom. The molecule has 1 saturated heterocycles. The van der Waals surface area contributed by atoms with E-state index in [1.54, 1.807) is 13.3 Å². The summed E-state index contributed by atoms with van der Waals surface area (Å²) < 4.78 is 11.7. The van der Waals surface area contributed by atoms with E-state index in [0.717, 1.165) is 69.9 Å². The van der Waals surface area contributed by atoms with Crippen LogP contribution in [-0.4, -0.2) is 60.6 Å². The van der Waals surface area contributed by atoms with Gasteiger partial charge in [-0.05, 0) is 66.8 Å². The van der Waals surface area contributed by atoms with Crippen LogP contribution in [0.3, 0.4) is 0 Å². The van der Waals surface area contributed by atoms with Crippen molar-refractivity contribution in [2.24, 2.45) is 5.41 Å². The van der Waals surface area contributed by atoms with Crippen LogP contribution in [-0.2, 0) is 13.0 Å². The molecule has 2 aromatic carbocycles. The lowest BCUT2D eigenvalue weighted by atomic mass is 9.73. The number of nitrogens with zero attached hydrogens (tertiary/aromatic N) is 3. The second-order valence-corrected chi connectivity index (χ2v) is 11.6. The summed E-state index contributed by atoms with van der Waals surface area (Å²) in [7, 11) is 1.70. The fraction of sp³-hybridized carbons (Fsp3) is 0.467. The molecule has 0 atom stereocenters. The molecular formula is C30H38N4O3S. The zero-order valence-corrected chi connectivity index (χ0v) is 23.0. The van der Waals surface area contributed by atoms with Gasteiger partial charge < -0.3 is 20.1 Å². The highest BCUT2D eigenvalue weighted by Gasteiger charge is 2.37. The average Bonchev–Trinajstić information content (AvgIpc) is 3.38. The van der Waals surface area contributed by atoms with E-state index in [1.807, 2.05) is 17.0 Å². The van der Waals surface area contributed by atoms with Gasteiger partial charge in [-0.25, -0.2) is 4.98 Å². The van der Waals surface area contributed by atoms with E-state index in [9.17, 15) is 4.79 Å². The Kier molecular flexibility index (Phi) is 8.49. The average molecular weight is 535 g/mol. The number of likely N-dealkylation sites (tertiary alicyclic amines) is 1. The summed E-state index contributed by atoms with van der Waals surface area (Å²) in [6.45, 7) is 4.91. The summed E-state index contributed by atoms with van der Waals surface area (Å²) in [5.74, 6) is 1.95. The number of carbonyl (C=O) groups is 1. The molecule has 1 fully saturated rings. The van der Waals surface area contributed by atoms with Crippen molar-refractivity contribution in [3.05, 3.63) is 70.7 Å². The van der Waals surface area contributed by atoms with Gasteiger partial charge in [0, 0.05) is 32.7 Å². The Balaban J connectivity index is 1.33. The van der Waals surface area contributed by atoms with Crippen LogP contribution in [0, 0.1) is 5.41 Å². The Labute approximate surface area is 229 Å². The van der Waals surface area contributed by atoms with Crippen LogP contribution in [0.15, 0.2) is 54.7 Å². The molecule has 1 aromatic heterocycles. The quantitative estimate of drug-likeness (QED) is 0.492. The third-order valence-electron chi connectivity index (χ3n) is 8.01. The Morgan fingerprint density at radius 3 is 2.61 bits per heavy atom. The zero-order chi connectivity index (χ0) is 26.4. The minimum atomic E-state index is 0.0577. The predicted molar refractivity (Wildman–Crippen MR) is 152 cm³/mol. The van der Waals surface area contributed by atoms with Gasteiger partial charge >= 0.3 is 0 Å². The number of thiazole rings is 1. The standard InChI is InChI=1S/C30H38N4O3S/c1-36-25-11-9-23(10-12-25)21-33-18-19-37-26-8-3-2-6-24(26)7-4-5-13-30(22-33)14-16-34(17-15-30)28(35)27-20-32-29(31)38-27/h2-3,6,8-12,20H,4-5,7,13-19,21-22H2,1H3,(H2,31,32). The second-order valence-electron chi connectivity index (χ2n) is 10.6. The van der Waals surface area contributed by atoms with Gasteiger partial charge in [0.15, 0.2) is 5.13 Å². The van der Waals surface area contributed by atoms with E-state index < -0.39 is 0 Å². The number of nitrogen functional groups attached to an aromatic ring is 1. The molecule has 0 aliphatic carbocycles. The zero-order valence-electron chi connectivity index (χ0n) is 22.2. The number of nitrogens with two attached hydrogens (primary N) is 1. The molecule has 3 heterocycles. The summed E-state index contributed by atoms with van der Waals surface area (Å²) in [6, 6.07) is 16.8. The summed E-state index contributed by atoms with van der Waals surface area (Å²) >= 11 is 1.28. The van der Waals surface area contributed by atoms with E-state index in [4.69, 9.17) is 15.2 Å². The monoisotopic (exact) mass is 534 g/mol. The minimum Gasteiger partial charge on any atom is -0.497 e. The molecule has 3 aromatic rings. The van der Waals surface area contributed by atoms with Gasteiger partial charge in [-0.3, -0.25) is 9.69 Å².